The number of carbonyl (C=O) groups excluding carboxylic acids is 2. The Kier molecular flexibility index (Phi) is 11.0. The van der Waals surface area contributed by atoms with Crippen LogP contribution < -0.4 is 16.7 Å². The summed E-state index contributed by atoms with van der Waals surface area (Å²) in [7, 11) is 4.43. The number of nitrogens with zero attached hydrogens (tertiary/aromatic N) is 7. The first-order chi connectivity index (χ1) is 28.4. The summed E-state index contributed by atoms with van der Waals surface area (Å²) in [5.74, 6) is -5.07. The Morgan fingerprint density at radius 1 is 0.967 bits per heavy atom. The molecule has 0 atom stereocenters. The first-order valence-electron chi connectivity index (χ1n) is 18.2. The Morgan fingerprint density at radius 3 is 2.43 bits per heavy atom. The van der Waals surface area contributed by atoms with Crippen molar-refractivity contribution < 1.29 is 32.2 Å². The highest BCUT2D eigenvalue weighted by atomic mass is 35.5. The van der Waals surface area contributed by atoms with Crippen LogP contribution >= 0.6 is 11.6 Å². The summed E-state index contributed by atoms with van der Waals surface area (Å²) in [4.78, 5) is 64.6. The Hall–Kier alpha value is -7.01. The number of benzene rings is 4. The van der Waals surface area contributed by atoms with Gasteiger partial charge in [-0.1, -0.05) is 41.9 Å². The smallest absolute Gasteiger partial charge is 0.410 e. The molecule has 1 N–H and O–H groups in total. The van der Waals surface area contributed by atoms with Gasteiger partial charge in [0.25, 0.3) is 0 Å². The molecule has 7 rings (SSSR count). The molecule has 0 saturated carbocycles. The SMILES string of the molecule is COC(=O)c1cccc(-c2cccc3cncc(-n4c(=O)nc(Nc5c(Cl)cc6nn(C)cc6c5CN(C)C(=O)OC(C)(C)C)n(Cc5cc(F)c(F)cc5F)c4=O)c23)c1. The van der Waals surface area contributed by atoms with Gasteiger partial charge < -0.3 is 19.7 Å². The van der Waals surface area contributed by atoms with Crippen molar-refractivity contribution in [2.45, 2.75) is 39.5 Å². The summed E-state index contributed by atoms with van der Waals surface area (Å²) in [6, 6.07) is 14.1. The van der Waals surface area contributed by atoms with Crippen LogP contribution in [0.15, 0.2) is 88.8 Å². The Bertz CT molecular complexity index is 2990. The third kappa shape index (κ3) is 8.03. The van der Waals surface area contributed by atoms with E-state index in [4.69, 9.17) is 21.1 Å². The monoisotopic (exact) mass is 840 g/mol. The van der Waals surface area contributed by atoms with Crippen molar-refractivity contribution in [1.29, 1.82) is 0 Å². The topological polar surface area (TPSA) is 155 Å². The number of hydrogen-bond donors (Lipinski definition) is 1. The lowest BCUT2D eigenvalue weighted by atomic mass is 9.97. The predicted octanol–water partition coefficient (Wildman–Crippen LogP) is 7.51. The normalized spacial score (nSPS) is 11.6. The maximum Gasteiger partial charge on any atom is 0.410 e. The minimum Gasteiger partial charge on any atom is -0.465 e. The van der Waals surface area contributed by atoms with Crippen molar-refractivity contribution in [2.75, 3.05) is 19.5 Å². The molecule has 14 nitrogen and oxygen atoms in total. The Morgan fingerprint density at radius 2 is 1.70 bits per heavy atom. The van der Waals surface area contributed by atoms with Crippen molar-refractivity contribution in [3.8, 4) is 16.8 Å². The maximum atomic E-state index is 15.4. The van der Waals surface area contributed by atoms with Crippen LogP contribution in [-0.2, 0) is 29.6 Å². The van der Waals surface area contributed by atoms with Gasteiger partial charge in [-0.2, -0.15) is 10.1 Å². The van der Waals surface area contributed by atoms with Gasteiger partial charge in [-0.25, -0.2) is 36.9 Å². The molecule has 0 bridgehead atoms. The highest BCUT2D eigenvalue weighted by molar-refractivity contribution is 6.34. The molecule has 0 spiro atoms. The molecular weight excluding hydrogens is 805 g/mol. The molecular formula is C42H36ClF3N8O6. The highest BCUT2D eigenvalue weighted by Crippen LogP contribution is 2.37. The summed E-state index contributed by atoms with van der Waals surface area (Å²) in [5, 5.41) is 8.83. The number of fused-ring (bicyclic) bond motifs is 2. The molecule has 4 aromatic carbocycles. The van der Waals surface area contributed by atoms with Crippen molar-refractivity contribution in [3.05, 3.63) is 139 Å². The van der Waals surface area contributed by atoms with Crippen molar-refractivity contribution in [1.82, 2.24) is 33.8 Å². The van der Waals surface area contributed by atoms with Crippen molar-refractivity contribution in [3.63, 3.8) is 0 Å². The number of methoxy groups -OCH3 is 1. The number of nitrogens with one attached hydrogen (secondary N) is 1. The lowest BCUT2D eigenvalue weighted by Crippen LogP contribution is -2.42. The quantitative estimate of drug-likeness (QED) is 0.114. The summed E-state index contributed by atoms with van der Waals surface area (Å²) in [6.07, 6.45) is 3.80. The molecule has 1 amide bonds. The average Bonchev–Trinajstić information content (AvgIpc) is 3.57. The lowest BCUT2D eigenvalue weighted by molar-refractivity contribution is 0.0286. The molecule has 0 aliphatic rings. The van der Waals surface area contributed by atoms with Crippen molar-refractivity contribution in [2.24, 2.45) is 7.05 Å². The zero-order valence-corrected chi connectivity index (χ0v) is 33.8. The Labute approximate surface area is 344 Å². The van der Waals surface area contributed by atoms with E-state index in [0.717, 1.165) is 9.13 Å². The number of carbonyl (C=O) groups is 2. The van der Waals surface area contributed by atoms with Crippen LogP contribution in [0.1, 0.15) is 42.3 Å². The third-order valence-corrected chi connectivity index (χ3v) is 9.71. The van der Waals surface area contributed by atoms with E-state index in [1.165, 1.54) is 42.2 Å². The Balaban J connectivity index is 1.46. The van der Waals surface area contributed by atoms with Crippen LogP contribution in [0.4, 0.5) is 29.6 Å². The third-order valence-electron chi connectivity index (χ3n) is 9.41. The number of halogens is 4. The lowest BCUT2D eigenvalue weighted by Gasteiger charge is -2.26. The van der Waals surface area contributed by atoms with Gasteiger partial charge in [0.1, 0.15) is 11.4 Å². The van der Waals surface area contributed by atoms with E-state index in [2.05, 4.69) is 20.4 Å². The molecule has 0 aliphatic heterocycles. The summed E-state index contributed by atoms with van der Waals surface area (Å²) >= 11 is 6.87. The number of amides is 1. The number of aromatic nitrogens is 6. The van der Waals surface area contributed by atoms with E-state index in [1.54, 1.807) is 76.5 Å². The molecule has 18 heteroatoms. The first kappa shape index (κ1) is 41.2. The number of esters is 1. The fourth-order valence-electron chi connectivity index (χ4n) is 6.72. The molecule has 0 fully saturated rings. The predicted molar refractivity (Wildman–Crippen MR) is 218 cm³/mol. The maximum absolute atomic E-state index is 15.4. The van der Waals surface area contributed by atoms with Crippen molar-refractivity contribution >= 4 is 57.0 Å². The molecule has 308 valence electrons. The highest BCUT2D eigenvalue weighted by Gasteiger charge is 2.26. The van der Waals surface area contributed by atoms with Gasteiger partial charge in [0.05, 0.1) is 53.9 Å². The molecule has 0 aliphatic carbocycles. The van der Waals surface area contributed by atoms with Crippen LogP contribution in [-0.4, -0.2) is 65.6 Å². The minimum absolute atomic E-state index is 0.0328. The second-order valence-electron chi connectivity index (χ2n) is 14.8. The molecule has 3 heterocycles. The molecule has 60 heavy (non-hydrogen) atoms. The van der Waals surface area contributed by atoms with Gasteiger partial charge >= 0.3 is 23.4 Å². The molecule has 0 saturated heterocycles. The van der Waals surface area contributed by atoms with Crippen LogP contribution in [0.2, 0.25) is 5.02 Å². The van der Waals surface area contributed by atoms with Gasteiger partial charge in [0.2, 0.25) is 5.95 Å². The van der Waals surface area contributed by atoms with E-state index in [9.17, 15) is 28.0 Å². The number of ether oxygens (including phenoxy) is 2. The zero-order chi connectivity index (χ0) is 43.2. The van der Waals surface area contributed by atoms with E-state index in [-0.39, 0.29) is 28.5 Å². The van der Waals surface area contributed by atoms with Crippen LogP contribution in [0.5, 0.6) is 0 Å². The van der Waals surface area contributed by atoms with Crippen LogP contribution in [0, 0.1) is 17.5 Å². The van der Waals surface area contributed by atoms with Crippen LogP contribution in [0.25, 0.3) is 38.5 Å². The summed E-state index contributed by atoms with van der Waals surface area (Å²) < 4.78 is 57.7. The zero-order valence-electron chi connectivity index (χ0n) is 33.0. The second kappa shape index (κ2) is 16.0. The fourth-order valence-corrected chi connectivity index (χ4v) is 6.98. The minimum atomic E-state index is -1.45. The molecule has 3 aromatic heterocycles. The summed E-state index contributed by atoms with van der Waals surface area (Å²) in [5.41, 5.74) is -1.32. The van der Waals surface area contributed by atoms with E-state index in [1.807, 2.05) is 0 Å². The molecule has 0 radical (unpaired) electrons. The second-order valence-corrected chi connectivity index (χ2v) is 15.2. The van der Waals surface area contributed by atoms with E-state index < -0.39 is 64.6 Å². The largest absolute Gasteiger partial charge is 0.465 e. The van der Waals surface area contributed by atoms with Gasteiger partial charge in [-0.15, -0.1) is 0 Å². The van der Waals surface area contributed by atoms with Gasteiger partial charge in [-0.05, 0) is 56.2 Å². The number of anilines is 2. The fraction of sp³-hybridized carbons (Fsp3) is 0.214. The number of hydrogen-bond acceptors (Lipinski definition) is 10. The first-order valence-corrected chi connectivity index (χ1v) is 18.6. The van der Waals surface area contributed by atoms with Gasteiger partial charge in [0, 0.05) is 59.8 Å². The number of aryl methyl sites for hydroxylation is 1. The van der Waals surface area contributed by atoms with Gasteiger partial charge in [0.15, 0.2) is 11.6 Å². The number of rotatable bonds is 9. The van der Waals surface area contributed by atoms with Gasteiger partial charge in [-0.3, -0.25) is 14.2 Å². The molecule has 0 unspecified atom stereocenters. The average molecular weight is 841 g/mol. The molecule has 7 aromatic rings. The van der Waals surface area contributed by atoms with E-state index >= 15 is 4.39 Å². The van der Waals surface area contributed by atoms with Crippen LogP contribution in [0.3, 0.4) is 0 Å². The standard InChI is InChI=1S/C42H36ClF3N8O6/c1-42(2,3)60-41(58)51(4)20-28-27-21-52(5)50-33(27)15-29(43)36(28)48-38-49-39(56)54(40(57)53(38)19-25-14-31(45)32(46)16-30(25)44)34-18-47-17-24-11-8-12-26(35(24)34)22-9-7-10-23(13-22)37(55)59-6/h7-18,21H,19-20H2,1-6H3,(H,48,49,56). The summed E-state index contributed by atoms with van der Waals surface area (Å²) in [6.45, 7) is 4.26. The number of pyridine rings is 1. The van der Waals surface area contributed by atoms with E-state index in [0.29, 0.717) is 50.5 Å².